The van der Waals surface area contributed by atoms with Crippen LogP contribution in [-0.4, -0.2) is 33.2 Å². The van der Waals surface area contributed by atoms with Gasteiger partial charge in [0.2, 0.25) is 5.91 Å². The van der Waals surface area contributed by atoms with Crippen molar-refractivity contribution in [3.63, 3.8) is 0 Å². The van der Waals surface area contributed by atoms with Crippen LogP contribution in [0.5, 0.6) is 11.5 Å². The Labute approximate surface area is 119 Å². The van der Waals surface area contributed by atoms with Crippen LogP contribution < -0.4 is 20.1 Å². The zero-order valence-electron chi connectivity index (χ0n) is 12.3. The quantitative estimate of drug-likeness (QED) is 0.885. The number of amides is 1. The minimum absolute atomic E-state index is 0.0278. The molecule has 1 aliphatic rings. The second-order valence-electron chi connectivity index (χ2n) is 5.40. The summed E-state index contributed by atoms with van der Waals surface area (Å²) in [6.07, 6.45) is 1.91. The van der Waals surface area contributed by atoms with Crippen LogP contribution in [0.25, 0.3) is 0 Å². The highest BCUT2D eigenvalue weighted by atomic mass is 16.5. The summed E-state index contributed by atoms with van der Waals surface area (Å²) in [5.41, 5.74) is 0.326. The number of nitrogens with one attached hydrogen (secondary N) is 2. The average molecular weight is 278 g/mol. The maximum Gasteiger partial charge on any atom is 0.231 e. The maximum atomic E-state index is 12.5. The number of carbonyl (C=O) groups excluding carboxylic acids is 1. The van der Waals surface area contributed by atoms with Crippen LogP contribution in [0, 0.1) is 5.41 Å². The Bertz CT molecular complexity index is 460. The zero-order valence-corrected chi connectivity index (χ0v) is 12.3. The Hall–Kier alpha value is -1.75. The molecule has 1 heterocycles. The number of anilines is 1. The molecule has 1 aliphatic heterocycles. The molecule has 2 N–H and O–H groups in total. The van der Waals surface area contributed by atoms with Crippen molar-refractivity contribution >= 4 is 11.6 Å². The van der Waals surface area contributed by atoms with Crippen LogP contribution in [0.2, 0.25) is 0 Å². The van der Waals surface area contributed by atoms with Crippen LogP contribution in [0.1, 0.15) is 19.8 Å². The molecule has 20 heavy (non-hydrogen) atoms. The number of ether oxygens (including phenoxy) is 2. The molecule has 0 spiro atoms. The van der Waals surface area contributed by atoms with Crippen molar-refractivity contribution in [1.29, 1.82) is 0 Å². The van der Waals surface area contributed by atoms with Crippen molar-refractivity contribution < 1.29 is 14.3 Å². The van der Waals surface area contributed by atoms with Crippen molar-refractivity contribution in [2.45, 2.75) is 19.8 Å². The lowest BCUT2D eigenvalue weighted by Crippen LogP contribution is -2.46. The van der Waals surface area contributed by atoms with E-state index in [0.29, 0.717) is 23.7 Å². The van der Waals surface area contributed by atoms with E-state index >= 15 is 0 Å². The highest BCUT2D eigenvalue weighted by Gasteiger charge is 2.34. The summed E-state index contributed by atoms with van der Waals surface area (Å²) < 4.78 is 10.4. The number of benzene rings is 1. The SMILES string of the molecule is COc1cc(NC(=O)C2(C)CCCNC2)cc(OC)c1. The van der Waals surface area contributed by atoms with Gasteiger partial charge in [0.1, 0.15) is 11.5 Å². The Balaban J connectivity index is 2.14. The van der Waals surface area contributed by atoms with Crippen LogP contribution in [0.4, 0.5) is 5.69 Å². The summed E-state index contributed by atoms with van der Waals surface area (Å²) in [5, 5.41) is 6.24. The third-order valence-corrected chi connectivity index (χ3v) is 3.75. The van der Waals surface area contributed by atoms with E-state index in [1.54, 1.807) is 32.4 Å². The molecule has 0 aliphatic carbocycles. The van der Waals surface area contributed by atoms with Gasteiger partial charge in [-0.25, -0.2) is 0 Å². The third-order valence-electron chi connectivity index (χ3n) is 3.75. The summed E-state index contributed by atoms with van der Waals surface area (Å²) in [6.45, 7) is 3.68. The van der Waals surface area contributed by atoms with E-state index in [4.69, 9.17) is 9.47 Å². The summed E-state index contributed by atoms with van der Waals surface area (Å²) >= 11 is 0. The predicted octanol–water partition coefficient (Wildman–Crippen LogP) is 2.03. The van der Waals surface area contributed by atoms with E-state index in [2.05, 4.69) is 10.6 Å². The van der Waals surface area contributed by atoms with Crippen molar-refractivity contribution in [2.75, 3.05) is 32.6 Å². The normalized spacial score (nSPS) is 22.1. The number of hydrogen-bond donors (Lipinski definition) is 2. The van der Waals surface area contributed by atoms with Crippen LogP contribution in [0.15, 0.2) is 18.2 Å². The smallest absolute Gasteiger partial charge is 0.231 e. The number of rotatable bonds is 4. The topological polar surface area (TPSA) is 59.6 Å². The molecule has 1 aromatic carbocycles. The molecule has 1 saturated heterocycles. The largest absolute Gasteiger partial charge is 0.497 e. The minimum atomic E-state index is -0.367. The van der Waals surface area contributed by atoms with Gasteiger partial charge < -0.3 is 20.1 Å². The first-order valence-corrected chi connectivity index (χ1v) is 6.83. The van der Waals surface area contributed by atoms with Gasteiger partial charge in [-0.05, 0) is 26.3 Å². The molecule has 2 rings (SSSR count). The Kier molecular flexibility index (Phi) is 4.49. The lowest BCUT2D eigenvalue weighted by atomic mass is 9.82. The molecule has 1 unspecified atom stereocenters. The highest BCUT2D eigenvalue weighted by Crippen LogP contribution is 2.30. The van der Waals surface area contributed by atoms with Gasteiger partial charge >= 0.3 is 0 Å². The first-order chi connectivity index (χ1) is 9.57. The minimum Gasteiger partial charge on any atom is -0.497 e. The van der Waals surface area contributed by atoms with Gasteiger partial charge in [-0.3, -0.25) is 4.79 Å². The van der Waals surface area contributed by atoms with Gasteiger partial charge in [0, 0.05) is 30.4 Å². The molecule has 0 radical (unpaired) electrons. The molecular formula is C15H22N2O3. The van der Waals surface area contributed by atoms with Crippen molar-refractivity contribution in [2.24, 2.45) is 5.41 Å². The lowest BCUT2D eigenvalue weighted by molar-refractivity contribution is -0.125. The van der Waals surface area contributed by atoms with Crippen LogP contribution in [-0.2, 0) is 4.79 Å². The molecule has 0 aromatic heterocycles. The fourth-order valence-electron chi connectivity index (χ4n) is 2.41. The molecule has 1 amide bonds. The first-order valence-electron chi connectivity index (χ1n) is 6.83. The lowest BCUT2D eigenvalue weighted by Gasteiger charge is -2.32. The Morgan fingerprint density at radius 3 is 2.40 bits per heavy atom. The molecule has 0 saturated carbocycles. The van der Waals surface area contributed by atoms with Gasteiger partial charge in [0.15, 0.2) is 0 Å². The Morgan fingerprint density at radius 2 is 1.90 bits per heavy atom. The summed E-state index contributed by atoms with van der Waals surface area (Å²) in [6, 6.07) is 5.36. The van der Waals surface area contributed by atoms with Gasteiger partial charge in [-0.1, -0.05) is 0 Å². The summed E-state index contributed by atoms with van der Waals surface area (Å²) in [5.74, 6) is 1.35. The average Bonchev–Trinajstić information content (AvgIpc) is 2.47. The standard InChI is InChI=1S/C15H22N2O3/c1-15(5-4-6-16-10-15)14(18)17-11-7-12(19-2)9-13(8-11)20-3/h7-9,16H,4-6,10H2,1-3H3,(H,17,18). The van der Waals surface area contributed by atoms with E-state index in [0.717, 1.165) is 19.4 Å². The van der Waals surface area contributed by atoms with Crippen molar-refractivity contribution in [3.8, 4) is 11.5 Å². The monoisotopic (exact) mass is 278 g/mol. The van der Waals surface area contributed by atoms with Crippen LogP contribution in [0.3, 0.4) is 0 Å². The van der Waals surface area contributed by atoms with E-state index in [9.17, 15) is 4.79 Å². The fraction of sp³-hybridized carbons (Fsp3) is 0.533. The molecule has 0 bridgehead atoms. The second-order valence-corrected chi connectivity index (χ2v) is 5.40. The molecule has 5 nitrogen and oxygen atoms in total. The second kappa shape index (κ2) is 6.13. The third kappa shape index (κ3) is 3.22. The van der Waals surface area contributed by atoms with Crippen molar-refractivity contribution in [3.05, 3.63) is 18.2 Å². The molecule has 110 valence electrons. The van der Waals surface area contributed by atoms with Gasteiger partial charge in [-0.15, -0.1) is 0 Å². The van der Waals surface area contributed by atoms with E-state index in [1.165, 1.54) is 0 Å². The molecule has 1 atom stereocenters. The molecule has 1 aromatic rings. The van der Waals surface area contributed by atoms with Gasteiger partial charge in [0.25, 0.3) is 0 Å². The summed E-state index contributed by atoms with van der Waals surface area (Å²) in [4.78, 5) is 12.5. The molecule has 1 fully saturated rings. The zero-order chi connectivity index (χ0) is 14.6. The molecule has 5 heteroatoms. The van der Waals surface area contributed by atoms with Crippen molar-refractivity contribution in [1.82, 2.24) is 5.32 Å². The highest BCUT2D eigenvalue weighted by molar-refractivity contribution is 5.95. The maximum absolute atomic E-state index is 12.5. The first kappa shape index (κ1) is 14.7. The molecular weight excluding hydrogens is 256 g/mol. The number of carbonyl (C=O) groups is 1. The number of hydrogen-bond acceptors (Lipinski definition) is 4. The number of piperidine rings is 1. The van der Waals surface area contributed by atoms with Gasteiger partial charge in [0.05, 0.1) is 19.6 Å². The Morgan fingerprint density at radius 1 is 1.25 bits per heavy atom. The number of methoxy groups -OCH3 is 2. The predicted molar refractivity (Wildman–Crippen MR) is 78.4 cm³/mol. The van der Waals surface area contributed by atoms with E-state index in [1.807, 2.05) is 6.92 Å². The van der Waals surface area contributed by atoms with Crippen LogP contribution >= 0.6 is 0 Å². The van der Waals surface area contributed by atoms with Gasteiger partial charge in [-0.2, -0.15) is 0 Å². The summed E-state index contributed by atoms with van der Waals surface area (Å²) in [7, 11) is 3.18. The van der Waals surface area contributed by atoms with E-state index in [-0.39, 0.29) is 11.3 Å². The fourth-order valence-corrected chi connectivity index (χ4v) is 2.41. The van der Waals surface area contributed by atoms with E-state index < -0.39 is 0 Å².